The van der Waals surface area contributed by atoms with E-state index >= 15 is 0 Å². The summed E-state index contributed by atoms with van der Waals surface area (Å²) in [5.41, 5.74) is 11.3. The first-order valence-corrected chi connectivity index (χ1v) is 25.3. The molecule has 0 aliphatic carbocycles. The summed E-state index contributed by atoms with van der Waals surface area (Å²) in [6.07, 6.45) is 5.76. The number of aryl methyl sites for hydroxylation is 2. The number of nitrogens with zero attached hydrogens (tertiary/aromatic N) is 7. The maximum atomic E-state index is 14.4. The second kappa shape index (κ2) is 25.4. The van der Waals surface area contributed by atoms with E-state index < -0.39 is 47.1 Å². The fraction of sp³-hybridized carbons (Fsp3) is 0.471. The van der Waals surface area contributed by atoms with Gasteiger partial charge >= 0.3 is 0 Å². The van der Waals surface area contributed by atoms with Crippen LogP contribution in [-0.4, -0.2) is 115 Å². The van der Waals surface area contributed by atoms with Gasteiger partial charge in [-0.15, -0.1) is 21.5 Å². The van der Waals surface area contributed by atoms with Crippen molar-refractivity contribution >= 4 is 64.0 Å². The van der Waals surface area contributed by atoms with Crippen molar-refractivity contribution in [3.63, 3.8) is 0 Å². The quantitative estimate of drug-likeness (QED) is 0.0399. The molecular weight excluding hydrogens is 955 g/mol. The van der Waals surface area contributed by atoms with Crippen molar-refractivity contribution in [3.8, 4) is 27.6 Å². The van der Waals surface area contributed by atoms with E-state index in [1.165, 1.54) is 25.1 Å². The minimum Gasteiger partial charge on any atom is -0.494 e. The zero-order valence-electron chi connectivity index (χ0n) is 42.5. The number of amides is 6. The van der Waals surface area contributed by atoms with E-state index in [1.54, 1.807) is 53.1 Å². The average molecular weight is 1020 g/mol. The molecule has 21 nitrogen and oxygen atoms in total. The SMILES string of the molecule is CNC(=O)c1nnc(NC(=O)CNC(=O)CCCCCCCCC(C(N)=O)[C@H](C(=O)N2C[C@H](O)C[C@H]2C(=O)NCc2ccc(-c3scnc3C)cc2)C(C)(C)C)cc1Nc1cccc(-c2ncn(C)n2)c1OC. The molecule has 0 radical (unpaired) electrons. The van der Waals surface area contributed by atoms with Crippen LogP contribution in [-0.2, 0) is 37.6 Å². The van der Waals surface area contributed by atoms with Crippen LogP contribution in [0.5, 0.6) is 5.75 Å². The molecule has 6 amide bonds. The highest BCUT2D eigenvalue weighted by Gasteiger charge is 2.47. The minimum absolute atomic E-state index is 0.0205. The zero-order chi connectivity index (χ0) is 52.8. The molecule has 4 atom stereocenters. The van der Waals surface area contributed by atoms with Crippen molar-refractivity contribution in [2.75, 3.05) is 37.9 Å². The first-order chi connectivity index (χ1) is 34.9. The number of methoxy groups -OCH3 is 1. The van der Waals surface area contributed by atoms with Crippen molar-refractivity contribution in [2.24, 2.45) is 30.0 Å². The summed E-state index contributed by atoms with van der Waals surface area (Å²) in [6, 6.07) is 13.7. The third-order valence-electron chi connectivity index (χ3n) is 12.7. The van der Waals surface area contributed by atoms with Crippen molar-refractivity contribution in [1.29, 1.82) is 0 Å². The van der Waals surface area contributed by atoms with Crippen LogP contribution in [0, 0.1) is 24.2 Å². The Labute approximate surface area is 428 Å². The number of ether oxygens (including phenoxy) is 1. The first-order valence-electron chi connectivity index (χ1n) is 24.4. The fourth-order valence-corrected chi connectivity index (χ4v) is 9.86. The largest absolute Gasteiger partial charge is 0.494 e. The van der Waals surface area contributed by atoms with Gasteiger partial charge in [-0.3, -0.25) is 33.4 Å². The van der Waals surface area contributed by atoms with Crippen LogP contribution in [0.2, 0.25) is 0 Å². The Bertz CT molecular complexity index is 2740. The molecule has 0 bridgehead atoms. The summed E-state index contributed by atoms with van der Waals surface area (Å²) in [5, 5.41) is 37.0. The number of carbonyl (C=O) groups is 6. The lowest BCUT2D eigenvalue weighted by Crippen LogP contribution is -2.52. The molecule has 1 unspecified atom stereocenters. The van der Waals surface area contributed by atoms with Gasteiger partial charge in [0.25, 0.3) is 5.91 Å². The van der Waals surface area contributed by atoms with E-state index in [-0.39, 0.29) is 67.4 Å². The molecule has 0 spiro atoms. The van der Waals surface area contributed by atoms with Gasteiger partial charge in [0.2, 0.25) is 29.5 Å². The Morgan fingerprint density at radius 3 is 2.30 bits per heavy atom. The maximum Gasteiger partial charge on any atom is 0.273 e. The number of aromatic nitrogens is 6. The summed E-state index contributed by atoms with van der Waals surface area (Å²) < 4.78 is 7.25. The smallest absolute Gasteiger partial charge is 0.273 e. The number of anilines is 3. The van der Waals surface area contributed by atoms with Crippen molar-refractivity contribution in [3.05, 3.63) is 77.3 Å². The van der Waals surface area contributed by atoms with Crippen molar-refractivity contribution in [1.82, 2.24) is 50.8 Å². The number of β-amino-alcohol motifs (C(OH)–C–C–N with tert-alkyl or cyclic N) is 1. The van der Waals surface area contributed by atoms with Gasteiger partial charge in [-0.05, 0) is 48.4 Å². The molecule has 8 N–H and O–H groups in total. The molecule has 5 aromatic rings. The third kappa shape index (κ3) is 14.7. The van der Waals surface area contributed by atoms with Gasteiger partial charge in [-0.25, -0.2) is 9.97 Å². The number of primary amides is 1. The molecule has 1 saturated heterocycles. The van der Waals surface area contributed by atoms with Crippen LogP contribution in [0.15, 0.2) is 60.4 Å². The number of nitrogens with one attached hydrogen (secondary N) is 5. The number of aliphatic hydroxyl groups is 1. The summed E-state index contributed by atoms with van der Waals surface area (Å²) in [6.45, 7) is 7.51. The summed E-state index contributed by atoms with van der Waals surface area (Å²) in [7, 11) is 4.70. The molecule has 3 aromatic heterocycles. The van der Waals surface area contributed by atoms with Crippen LogP contribution < -0.4 is 37.1 Å². The number of unbranched alkanes of at least 4 members (excludes halogenated alkanes) is 5. The maximum absolute atomic E-state index is 14.4. The molecule has 1 aliphatic rings. The van der Waals surface area contributed by atoms with E-state index in [9.17, 15) is 33.9 Å². The van der Waals surface area contributed by atoms with Crippen LogP contribution in [0.4, 0.5) is 17.2 Å². The highest BCUT2D eigenvalue weighted by Crippen LogP contribution is 2.39. The molecule has 4 heterocycles. The number of thiazole rings is 1. The highest BCUT2D eigenvalue weighted by atomic mass is 32.1. The van der Waals surface area contributed by atoms with Crippen LogP contribution in [0.1, 0.15) is 100 Å². The zero-order valence-corrected chi connectivity index (χ0v) is 43.3. The summed E-state index contributed by atoms with van der Waals surface area (Å²) in [4.78, 5) is 90.5. The Hall–Kier alpha value is -7.33. The fourth-order valence-electron chi connectivity index (χ4n) is 9.05. The van der Waals surface area contributed by atoms with Crippen LogP contribution in [0.3, 0.4) is 0 Å². The van der Waals surface area contributed by atoms with Gasteiger partial charge in [0.15, 0.2) is 23.1 Å². The van der Waals surface area contributed by atoms with Gasteiger partial charge in [-0.2, -0.15) is 5.10 Å². The van der Waals surface area contributed by atoms with E-state index in [0.717, 1.165) is 47.4 Å². The predicted molar refractivity (Wildman–Crippen MR) is 276 cm³/mol. The van der Waals surface area contributed by atoms with Crippen LogP contribution in [0.25, 0.3) is 21.8 Å². The Balaban J connectivity index is 0.926. The number of carbonyl (C=O) groups excluding carboxylic acids is 6. The van der Waals surface area contributed by atoms with Gasteiger partial charge in [0.05, 0.1) is 58.7 Å². The number of aliphatic hydroxyl groups excluding tert-OH is 1. The third-order valence-corrected chi connectivity index (χ3v) is 13.7. The first kappa shape index (κ1) is 55.0. The molecule has 390 valence electrons. The lowest BCUT2D eigenvalue weighted by molar-refractivity contribution is -0.149. The standard InChI is InChI=1S/C51H67N13O8S/c1-30-45(73-29-57-30)32-21-19-31(20-22-32)25-55-48(69)38-23-33(65)27-64(38)50(71)42(51(2,3)4)34(46(52)68)15-12-10-8-9-11-13-18-40(66)54-26-41(67)59-39-24-37(43(61-60-39)49(70)53-5)58-36-17-14-16-35(44(36)72-7)47-56-28-63(6)62-47/h14,16-17,19-22,24,28-29,33-34,38,42,65H,8-13,15,18,23,25-27H2,1-7H3,(H2,52,68)(H,53,70)(H,54,66)(H,55,69)(H2,58,59,60,67)/t33-,34?,38+,42-/m1/s1. The number of rotatable bonds is 24. The molecule has 0 saturated carbocycles. The molecular formula is C51H67N13O8S. The molecule has 6 rings (SSSR count). The molecule has 22 heteroatoms. The number of nitrogens with two attached hydrogens (primary N) is 1. The Kier molecular flexibility index (Phi) is 19.1. The monoisotopic (exact) mass is 1020 g/mol. The van der Waals surface area contributed by atoms with E-state index in [0.29, 0.717) is 42.1 Å². The van der Waals surface area contributed by atoms with Gasteiger partial charge in [0, 0.05) is 52.0 Å². The second-order valence-corrected chi connectivity index (χ2v) is 20.1. The molecule has 1 fully saturated rings. The highest BCUT2D eigenvalue weighted by molar-refractivity contribution is 7.13. The minimum atomic E-state index is -0.899. The Morgan fingerprint density at radius 1 is 0.932 bits per heavy atom. The number of hydrogen-bond acceptors (Lipinski definition) is 15. The normalized spacial score (nSPS) is 15.3. The Morgan fingerprint density at radius 2 is 1.66 bits per heavy atom. The lowest BCUT2D eigenvalue weighted by Gasteiger charge is -2.38. The van der Waals surface area contributed by atoms with E-state index in [4.69, 9.17) is 10.5 Å². The number of hydrogen-bond donors (Lipinski definition) is 7. The summed E-state index contributed by atoms with van der Waals surface area (Å²) >= 11 is 1.56. The lowest BCUT2D eigenvalue weighted by atomic mass is 9.70. The van der Waals surface area contributed by atoms with Gasteiger partial charge in [-0.1, -0.05) is 83.2 Å². The topological polar surface area (TPSA) is 291 Å². The number of benzene rings is 2. The number of para-hydroxylation sites is 1. The average Bonchev–Trinajstić information content (AvgIpc) is 4.11. The molecule has 1 aliphatic heterocycles. The summed E-state index contributed by atoms with van der Waals surface area (Å²) in [5.74, 6) is -3.43. The van der Waals surface area contributed by atoms with E-state index in [2.05, 4.69) is 51.8 Å². The number of likely N-dealkylation sites (tertiary alicyclic amines) is 1. The second-order valence-electron chi connectivity index (χ2n) is 19.2. The van der Waals surface area contributed by atoms with Gasteiger partial charge < -0.3 is 47.1 Å². The van der Waals surface area contributed by atoms with Crippen molar-refractivity contribution < 1.29 is 38.6 Å². The van der Waals surface area contributed by atoms with Crippen molar-refractivity contribution in [2.45, 2.75) is 104 Å². The predicted octanol–water partition coefficient (Wildman–Crippen LogP) is 5.03. The molecule has 2 aromatic carbocycles. The van der Waals surface area contributed by atoms with Crippen LogP contribution >= 0.6 is 11.3 Å². The van der Waals surface area contributed by atoms with Gasteiger partial charge in [0.1, 0.15) is 12.4 Å². The molecule has 73 heavy (non-hydrogen) atoms. The van der Waals surface area contributed by atoms with E-state index in [1.807, 2.05) is 52.0 Å².